The van der Waals surface area contributed by atoms with Crippen molar-refractivity contribution >= 4 is 0 Å². The zero-order valence-electron chi connectivity index (χ0n) is 10.8. The van der Waals surface area contributed by atoms with Crippen LogP contribution in [-0.2, 0) is 0 Å². The van der Waals surface area contributed by atoms with Gasteiger partial charge >= 0.3 is 0 Å². The van der Waals surface area contributed by atoms with Gasteiger partial charge in [0.25, 0.3) is 0 Å². The average molecular weight is 241 g/mol. The molecule has 0 fully saturated rings. The fourth-order valence-corrected chi connectivity index (χ4v) is 2.10. The summed E-state index contributed by atoms with van der Waals surface area (Å²) in [5, 5.41) is 11.7. The van der Waals surface area contributed by atoms with Crippen molar-refractivity contribution in [2.24, 2.45) is 0 Å². The monoisotopic (exact) mass is 241 g/mol. The van der Waals surface area contributed by atoms with Gasteiger partial charge in [-0.15, -0.1) is 0 Å². The largest absolute Gasteiger partial charge is 0.313 e. The summed E-state index contributed by atoms with van der Waals surface area (Å²) in [6.45, 7) is 4.02. The molecule has 0 aliphatic heterocycles. The second-order valence-electron chi connectivity index (χ2n) is 4.55. The Hall–Kier alpha value is -1.64. The fourth-order valence-electron chi connectivity index (χ4n) is 2.10. The van der Waals surface area contributed by atoms with Crippen molar-refractivity contribution in [1.29, 1.82) is 0 Å². The summed E-state index contributed by atoms with van der Waals surface area (Å²) >= 11 is 0. The first kappa shape index (κ1) is 12.8. The van der Waals surface area contributed by atoms with E-state index in [9.17, 15) is 5.21 Å². The highest BCUT2D eigenvalue weighted by atomic mass is 16.5. The number of hydrogen-bond acceptors (Lipinski definition) is 2. The van der Waals surface area contributed by atoms with E-state index in [-0.39, 0.29) is 12.1 Å². The Kier molecular flexibility index (Phi) is 4.13. The first-order chi connectivity index (χ1) is 8.70. The molecule has 1 N–H and O–H groups in total. The molecule has 18 heavy (non-hydrogen) atoms. The molecule has 0 saturated heterocycles. The molecule has 0 amide bonds. The maximum Gasteiger partial charge on any atom is 0.0578 e. The van der Waals surface area contributed by atoms with Gasteiger partial charge in [0.15, 0.2) is 0 Å². The van der Waals surface area contributed by atoms with Gasteiger partial charge in [-0.1, -0.05) is 60.7 Å². The summed E-state index contributed by atoms with van der Waals surface area (Å²) in [4.78, 5) is 0. The fraction of sp³-hybridized carbons (Fsp3) is 0.250. The molecule has 94 valence electrons. The Morgan fingerprint density at radius 3 is 1.39 bits per heavy atom. The minimum absolute atomic E-state index is 0.0265. The van der Waals surface area contributed by atoms with E-state index in [4.69, 9.17) is 0 Å². The number of hydrogen-bond donors (Lipinski definition) is 1. The summed E-state index contributed by atoms with van der Waals surface area (Å²) in [6.07, 6.45) is 0. The van der Waals surface area contributed by atoms with E-state index in [1.165, 1.54) is 5.06 Å². The van der Waals surface area contributed by atoms with Crippen molar-refractivity contribution in [3.05, 3.63) is 71.8 Å². The van der Waals surface area contributed by atoms with Gasteiger partial charge in [0, 0.05) is 0 Å². The summed E-state index contributed by atoms with van der Waals surface area (Å²) in [5.74, 6) is 0. The summed E-state index contributed by atoms with van der Waals surface area (Å²) in [6, 6.07) is 20.0. The van der Waals surface area contributed by atoms with Crippen LogP contribution in [0.2, 0.25) is 0 Å². The Labute approximate surface area is 108 Å². The number of benzene rings is 2. The SMILES string of the molecule is CC(c1ccccc1)N(O)C(C)c1ccccc1. The van der Waals surface area contributed by atoms with Crippen LogP contribution in [0.5, 0.6) is 0 Å². The highest BCUT2D eigenvalue weighted by Gasteiger charge is 2.20. The van der Waals surface area contributed by atoms with E-state index < -0.39 is 0 Å². The molecule has 2 nitrogen and oxygen atoms in total. The van der Waals surface area contributed by atoms with Crippen LogP contribution >= 0.6 is 0 Å². The van der Waals surface area contributed by atoms with Gasteiger partial charge in [0.05, 0.1) is 12.1 Å². The van der Waals surface area contributed by atoms with Gasteiger partial charge in [-0.3, -0.25) is 0 Å². The highest BCUT2D eigenvalue weighted by Crippen LogP contribution is 2.27. The first-order valence-electron chi connectivity index (χ1n) is 6.27. The standard InChI is InChI=1S/C16H19NO/c1-13(15-9-5-3-6-10-15)17(18)14(2)16-11-7-4-8-12-16/h3-14,18H,1-2H3. The van der Waals surface area contributed by atoms with E-state index in [0.717, 1.165) is 11.1 Å². The van der Waals surface area contributed by atoms with Crippen LogP contribution < -0.4 is 0 Å². The molecule has 0 bridgehead atoms. The molecule has 0 heterocycles. The lowest BCUT2D eigenvalue weighted by Crippen LogP contribution is -2.26. The predicted molar refractivity (Wildman–Crippen MR) is 73.3 cm³/mol. The van der Waals surface area contributed by atoms with Crippen LogP contribution in [0.4, 0.5) is 0 Å². The highest BCUT2D eigenvalue weighted by molar-refractivity contribution is 5.21. The van der Waals surface area contributed by atoms with Gasteiger partial charge in [-0.25, -0.2) is 0 Å². The number of nitrogens with zero attached hydrogens (tertiary/aromatic N) is 1. The Morgan fingerprint density at radius 2 is 1.06 bits per heavy atom. The number of hydroxylamine groups is 2. The van der Waals surface area contributed by atoms with Crippen LogP contribution in [0.1, 0.15) is 37.1 Å². The lowest BCUT2D eigenvalue weighted by atomic mass is 10.0. The summed E-state index contributed by atoms with van der Waals surface area (Å²) in [5.41, 5.74) is 2.23. The third-order valence-electron chi connectivity index (χ3n) is 3.36. The van der Waals surface area contributed by atoms with Crippen LogP contribution in [0, 0.1) is 0 Å². The predicted octanol–water partition coefficient (Wildman–Crippen LogP) is 4.20. The molecule has 0 saturated carbocycles. The second kappa shape index (κ2) is 5.80. The third-order valence-corrected chi connectivity index (χ3v) is 3.36. The van der Waals surface area contributed by atoms with Crippen molar-refractivity contribution in [2.75, 3.05) is 0 Å². The molecule has 0 aromatic heterocycles. The zero-order valence-corrected chi connectivity index (χ0v) is 10.8. The maximum atomic E-state index is 10.3. The van der Waals surface area contributed by atoms with Crippen LogP contribution in [-0.4, -0.2) is 10.3 Å². The molecule has 2 rings (SSSR count). The molecule has 2 atom stereocenters. The Morgan fingerprint density at radius 1 is 0.722 bits per heavy atom. The van der Waals surface area contributed by atoms with Crippen LogP contribution in [0.25, 0.3) is 0 Å². The lowest BCUT2D eigenvalue weighted by Gasteiger charge is -2.29. The molecule has 0 spiro atoms. The van der Waals surface area contributed by atoms with Gasteiger partial charge in [0.1, 0.15) is 0 Å². The molecule has 2 aromatic carbocycles. The van der Waals surface area contributed by atoms with Gasteiger partial charge in [-0.05, 0) is 25.0 Å². The normalized spacial score (nSPS) is 14.4. The average Bonchev–Trinajstić information content (AvgIpc) is 2.47. The van der Waals surface area contributed by atoms with E-state index >= 15 is 0 Å². The molecule has 0 aliphatic carbocycles. The Balaban J connectivity index is 2.14. The minimum atomic E-state index is -0.0265. The van der Waals surface area contributed by atoms with Gasteiger partial charge in [-0.2, -0.15) is 5.06 Å². The van der Waals surface area contributed by atoms with Crippen LogP contribution in [0.15, 0.2) is 60.7 Å². The molecular formula is C16H19NO. The van der Waals surface area contributed by atoms with E-state index in [0.29, 0.717) is 0 Å². The van der Waals surface area contributed by atoms with Crippen molar-refractivity contribution in [2.45, 2.75) is 25.9 Å². The molecule has 2 aromatic rings. The topological polar surface area (TPSA) is 23.5 Å². The quantitative estimate of drug-likeness (QED) is 0.811. The Bertz CT molecular complexity index is 423. The second-order valence-corrected chi connectivity index (χ2v) is 4.55. The zero-order chi connectivity index (χ0) is 13.0. The molecule has 2 unspecified atom stereocenters. The maximum absolute atomic E-state index is 10.3. The van der Waals surface area contributed by atoms with Gasteiger partial charge < -0.3 is 5.21 Å². The molecular weight excluding hydrogens is 222 g/mol. The molecule has 2 heteroatoms. The van der Waals surface area contributed by atoms with E-state index in [2.05, 4.69) is 0 Å². The van der Waals surface area contributed by atoms with Crippen molar-refractivity contribution in [1.82, 2.24) is 5.06 Å². The van der Waals surface area contributed by atoms with Gasteiger partial charge in [0.2, 0.25) is 0 Å². The van der Waals surface area contributed by atoms with Crippen molar-refractivity contribution in [3.63, 3.8) is 0 Å². The number of rotatable bonds is 4. The van der Waals surface area contributed by atoms with Crippen molar-refractivity contribution in [3.8, 4) is 0 Å². The lowest BCUT2D eigenvalue weighted by molar-refractivity contribution is -0.155. The van der Waals surface area contributed by atoms with Crippen molar-refractivity contribution < 1.29 is 5.21 Å². The molecule has 0 radical (unpaired) electrons. The first-order valence-corrected chi connectivity index (χ1v) is 6.27. The summed E-state index contributed by atoms with van der Waals surface area (Å²) < 4.78 is 0. The van der Waals surface area contributed by atoms with Crippen LogP contribution in [0.3, 0.4) is 0 Å². The third kappa shape index (κ3) is 2.78. The van der Waals surface area contributed by atoms with E-state index in [1.807, 2.05) is 74.5 Å². The van der Waals surface area contributed by atoms with E-state index in [1.54, 1.807) is 0 Å². The smallest absolute Gasteiger partial charge is 0.0578 e. The summed E-state index contributed by atoms with van der Waals surface area (Å²) in [7, 11) is 0. The molecule has 0 aliphatic rings. The minimum Gasteiger partial charge on any atom is -0.313 e.